The molecule has 116 valence electrons. The molecule has 3 rings (SSSR count). The molecule has 1 aromatic heterocycles. The number of carbonyl (C=O) groups is 1. The molecule has 0 fully saturated rings. The molecule has 0 bridgehead atoms. The van der Waals surface area contributed by atoms with Crippen LogP contribution in [0.2, 0.25) is 5.02 Å². The molecular formula is C18H15ClN2O2. The standard InChI is InChI=1S/C18H15ClN2O2/c1-11-6-8-12(9-7-11)20-18(23)14-10-21(2)16-13(17(14)22)4-3-5-15(16)19/h3-10H,1-2H3,(H,20,23). The van der Waals surface area contributed by atoms with E-state index in [-0.39, 0.29) is 11.0 Å². The van der Waals surface area contributed by atoms with Crippen LogP contribution in [0.3, 0.4) is 0 Å². The second-order valence-electron chi connectivity index (χ2n) is 5.44. The Morgan fingerprint density at radius 3 is 2.52 bits per heavy atom. The minimum atomic E-state index is -0.434. The van der Waals surface area contributed by atoms with Crippen LogP contribution >= 0.6 is 11.6 Å². The lowest BCUT2D eigenvalue weighted by molar-refractivity contribution is 0.102. The van der Waals surface area contributed by atoms with Gasteiger partial charge in [0.1, 0.15) is 5.56 Å². The van der Waals surface area contributed by atoms with Crippen LogP contribution in [-0.2, 0) is 7.05 Å². The van der Waals surface area contributed by atoms with Crippen molar-refractivity contribution in [2.45, 2.75) is 6.92 Å². The number of amides is 1. The molecule has 0 spiro atoms. The third-order valence-electron chi connectivity index (χ3n) is 3.71. The number of pyridine rings is 1. The van der Waals surface area contributed by atoms with E-state index in [4.69, 9.17) is 11.6 Å². The summed E-state index contributed by atoms with van der Waals surface area (Å²) in [6, 6.07) is 12.5. The summed E-state index contributed by atoms with van der Waals surface area (Å²) >= 11 is 6.15. The molecule has 0 aliphatic heterocycles. The number of carbonyl (C=O) groups excluding carboxylic acids is 1. The first-order valence-corrected chi connectivity index (χ1v) is 7.51. The van der Waals surface area contributed by atoms with Crippen LogP contribution in [0.25, 0.3) is 10.9 Å². The first-order chi connectivity index (χ1) is 11.0. The average molecular weight is 327 g/mol. The SMILES string of the molecule is Cc1ccc(NC(=O)c2cn(C)c3c(Cl)cccc3c2=O)cc1. The van der Waals surface area contributed by atoms with Gasteiger partial charge in [-0.2, -0.15) is 0 Å². The molecule has 0 atom stereocenters. The highest BCUT2D eigenvalue weighted by atomic mass is 35.5. The van der Waals surface area contributed by atoms with Crippen molar-refractivity contribution in [1.82, 2.24) is 4.57 Å². The number of aryl methyl sites for hydroxylation is 2. The number of rotatable bonds is 2. The van der Waals surface area contributed by atoms with Gasteiger partial charge in [-0.15, -0.1) is 0 Å². The minimum Gasteiger partial charge on any atom is -0.348 e. The van der Waals surface area contributed by atoms with Crippen LogP contribution in [0.4, 0.5) is 5.69 Å². The fraction of sp³-hybridized carbons (Fsp3) is 0.111. The predicted octanol–water partition coefficient (Wildman–Crippen LogP) is 3.75. The molecule has 1 amide bonds. The van der Waals surface area contributed by atoms with Gasteiger partial charge in [0.25, 0.3) is 5.91 Å². The van der Waals surface area contributed by atoms with Gasteiger partial charge >= 0.3 is 0 Å². The number of hydrogen-bond donors (Lipinski definition) is 1. The molecule has 0 saturated heterocycles. The third-order valence-corrected chi connectivity index (χ3v) is 4.01. The Bertz CT molecular complexity index is 959. The Morgan fingerprint density at radius 1 is 1.13 bits per heavy atom. The molecule has 0 unspecified atom stereocenters. The number of nitrogens with zero attached hydrogens (tertiary/aromatic N) is 1. The maximum absolute atomic E-state index is 12.6. The second-order valence-corrected chi connectivity index (χ2v) is 5.85. The van der Waals surface area contributed by atoms with Gasteiger partial charge in [0.2, 0.25) is 5.43 Å². The topological polar surface area (TPSA) is 51.1 Å². The number of halogens is 1. The van der Waals surface area contributed by atoms with Gasteiger partial charge in [0, 0.05) is 24.3 Å². The Kier molecular flexibility index (Phi) is 3.92. The molecule has 1 N–H and O–H groups in total. The molecule has 4 nitrogen and oxygen atoms in total. The van der Waals surface area contributed by atoms with E-state index >= 15 is 0 Å². The lowest BCUT2D eigenvalue weighted by Crippen LogP contribution is -2.23. The van der Waals surface area contributed by atoms with E-state index in [2.05, 4.69) is 5.32 Å². The first kappa shape index (κ1) is 15.3. The van der Waals surface area contributed by atoms with Crippen LogP contribution < -0.4 is 10.7 Å². The third kappa shape index (κ3) is 2.85. The molecule has 3 aromatic rings. The van der Waals surface area contributed by atoms with Crippen molar-refractivity contribution in [3.05, 3.63) is 75.0 Å². The fourth-order valence-electron chi connectivity index (χ4n) is 2.52. The highest BCUT2D eigenvalue weighted by Crippen LogP contribution is 2.21. The summed E-state index contributed by atoms with van der Waals surface area (Å²) in [5.41, 5.74) is 2.12. The number of benzene rings is 2. The number of aromatic nitrogens is 1. The van der Waals surface area contributed by atoms with Crippen molar-refractivity contribution < 1.29 is 4.79 Å². The molecule has 0 aliphatic rings. The van der Waals surface area contributed by atoms with E-state index < -0.39 is 5.91 Å². The lowest BCUT2D eigenvalue weighted by atomic mass is 10.1. The molecule has 0 aliphatic carbocycles. The summed E-state index contributed by atoms with van der Waals surface area (Å²) < 4.78 is 1.70. The number of hydrogen-bond acceptors (Lipinski definition) is 2. The number of anilines is 1. The maximum atomic E-state index is 12.6. The van der Waals surface area contributed by atoms with Crippen LogP contribution in [0, 0.1) is 6.92 Å². The van der Waals surface area contributed by atoms with Crippen molar-refractivity contribution in [2.24, 2.45) is 7.05 Å². The van der Waals surface area contributed by atoms with Gasteiger partial charge in [-0.05, 0) is 31.2 Å². The summed E-state index contributed by atoms with van der Waals surface area (Å²) in [6.45, 7) is 1.97. The minimum absolute atomic E-state index is 0.0860. The van der Waals surface area contributed by atoms with Gasteiger partial charge in [-0.25, -0.2) is 0 Å². The van der Waals surface area contributed by atoms with Gasteiger partial charge in [-0.1, -0.05) is 35.4 Å². The Morgan fingerprint density at radius 2 is 1.83 bits per heavy atom. The van der Waals surface area contributed by atoms with E-state index in [1.807, 2.05) is 19.1 Å². The summed E-state index contributed by atoms with van der Waals surface area (Å²) in [7, 11) is 1.76. The Balaban J connectivity index is 2.06. The summed E-state index contributed by atoms with van der Waals surface area (Å²) in [5, 5.41) is 3.65. The zero-order valence-corrected chi connectivity index (χ0v) is 13.5. The molecule has 0 radical (unpaired) electrons. The Hall–Kier alpha value is -2.59. The lowest BCUT2D eigenvalue weighted by Gasteiger charge is -2.11. The summed E-state index contributed by atoms with van der Waals surface area (Å²) in [6.07, 6.45) is 1.51. The van der Waals surface area contributed by atoms with Crippen molar-refractivity contribution in [3.63, 3.8) is 0 Å². The highest BCUT2D eigenvalue weighted by Gasteiger charge is 2.15. The van der Waals surface area contributed by atoms with E-state index in [0.717, 1.165) is 5.56 Å². The number of nitrogens with one attached hydrogen (secondary N) is 1. The van der Waals surface area contributed by atoms with Crippen LogP contribution in [0.5, 0.6) is 0 Å². The van der Waals surface area contributed by atoms with Crippen molar-refractivity contribution >= 4 is 34.1 Å². The molecule has 1 heterocycles. The molecule has 23 heavy (non-hydrogen) atoms. The van der Waals surface area contributed by atoms with E-state index in [9.17, 15) is 9.59 Å². The Labute approximate surface area is 138 Å². The van der Waals surface area contributed by atoms with Crippen LogP contribution in [0.1, 0.15) is 15.9 Å². The van der Waals surface area contributed by atoms with Crippen LogP contribution in [0.15, 0.2) is 53.5 Å². The zero-order valence-electron chi connectivity index (χ0n) is 12.8. The van der Waals surface area contributed by atoms with Crippen molar-refractivity contribution in [3.8, 4) is 0 Å². The molecular weight excluding hydrogens is 312 g/mol. The fourth-order valence-corrected chi connectivity index (χ4v) is 2.82. The van der Waals surface area contributed by atoms with E-state index in [1.165, 1.54) is 6.20 Å². The van der Waals surface area contributed by atoms with Gasteiger partial charge in [0.05, 0.1) is 10.5 Å². The van der Waals surface area contributed by atoms with Gasteiger partial charge in [-0.3, -0.25) is 9.59 Å². The normalized spacial score (nSPS) is 10.7. The van der Waals surface area contributed by atoms with E-state index in [1.54, 1.807) is 41.9 Å². The maximum Gasteiger partial charge on any atom is 0.261 e. The predicted molar refractivity (Wildman–Crippen MR) is 93.3 cm³/mol. The summed E-state index contributed by atoms with van der Waals surface area (Å²) in [4.78, 5) is 25.0. The smallest absolute Gasteiger partial charge is 0.261 e. The zero-order chi connectivity index (χ0) is 16.6. The van der Waals surface area contributed by atoms with Crippen LogP contribution in [-0.4, -0.2) is 10.5 Å². The van der Waals surface area contributed by atoms with Crippen molar-refractivity contribution in [1.29, 1.82) is 0 Å². The summed E-state index contributed by atoms with van der Waals surface area (Å²) in [5.74, 6) is -0.434. The van der Waals surface area contributed by atoms with E-state index in [0.29, 0.717) is 21.6 Å². The number of fused-ring (bicyclic) bond motifs is 1. The number of para-hydroxylation sites is 1. The van der Waals surface area contributed by atoms with Crippen molar-refractivity contribution in [2.75, 3.05) is 5.32 Å². The molecule has 2 aromatic carbocycles. The molecule has 0 saturated carbocycles. The molecule has 5 heteroatoms. The second kappa shape index (κ2) is 5.89. The monoisotopic (exact) mass is 326 g/mol. The quantitative estimate of drug-likeness (QED) is 0.779. The first-order valence-electron chi connectivity index (χ1n) is 7.13. The largest absolute Gasteiger partial charge is 0.348 e. The van der Waals surface area contributed by atoms with Gasteiger partial charge < -0.3 is 9.88 Å². The average Bonchev–Trinajstić information content (AvgIpc) is 2.52. The highest BCUT2D eigenvalue weighted by molar-refractivity contribution is 6.35. The van der Waals surface area contributed by atoms with Gasteiger partial charge in [0.15, 0.2) is 0 Å².